The molecule has 3 aromatic carbocycles. The minimum Gasteiger partial charge on any atom is -0.489 e. The van der Waals surface area contributed by atoms with Gasteiger partial charge in [-0.15, -0.1) is 0 Å². The van der Waals surface area contributed by atoms with Gasteiger partial charge in [-0.25, -0.2) is 0 Å². The van der Waals surface area contributed by atoms with Crippen LogP contribution in [-0.4, -0.2) is 24.5 Å². The van der Waals surface area contributed by atoms with E-state index in [2.05, 4.69) is 10.6 Å². The molecule has 0 atom stereocenters. The number of nitrogens with one attached hydrogen (secondary N) is 2. The van der Waals surface area contributed by atoms with Gasteiger partial charge in [0.05, 0.1) is 11.3 Å². The highest BCUT2D eigenvalue weighted by atomic mass is 16.5. The molecule has 0 unspecified atom stereocenters. The minimum absolute atomic E-state index is 0.000708. The summed E-state index contributed by atoms with van der Waals surface area (Å²) < 4.78 is 11.3. The van der Waals surface area contributed by atoms with E-state index in [4.69, 9.17) is 9.47 Å². The Balaban J connectivity index is 1.50. The van der Waals surface area contributed by atoms with Crippen LogP contribution in [0.25, 0.3) is 0 Å². The minimum atomic E-state index is -0.353. The average Bonchev–Trinajstić information content (AvgIpc) is 2.77. The molecule has 6 nitrogen and oxygen atoms in total. The number of carbonyl (C=O) groups is 2. The Labute approximate surface area is 182 Å². The smallest absolute Gasteiger partial charge is 0.262 e. The number of ether oxygens (including phenoxy) is 2. The number of hydrogen-bond acceptors (Lipinski definition) is 4. The molecular weight excluding hydrogens is 392 g/mol. The van der Waals surface area contributed by atoms with Crippen LogP contribution in [0.1, 0.15) is 29.8 Å². The molecule has 2 amide bonds. The summed E-state index contributed by atoms with van der Waals surface area (Å²) in [5.41, 5.74) is 1.94. The maximum Gasteiger partial charge on any atom is 0.262 e. The van der Waals surface area contributed by atoms with Gasteiger partial charge in [0.15, 0.2) is 6.61 Å². The molecule has 3 aromatic rings. The Morgan fingerprint density at radius 1 is 0.806 bits per heavy atom. The fourth-order valence-electron chi connectivity index (χ4n) is 2.84. The highest BCUT2D eigenvalue weighted by molar-refractivity contribution is 6.04. The van der Waals surface area contributed by atoms with Crippen molar-refractivity contribution in [1.29, 1.82) is 0 Å². The highest BCUT2D eigenvalue weighted by Crippen LogP contribution is 2.19. The van der Waals surface area contributed by atoms with Gasteiger partial charge in [0, 0.05) is 6.04 Å². The van der Waals surface area contributed by atoms with E-state index in [9.17, 15) is 9.59 Å². The van der Waals surface area contributed by atoms with E-state index in [1.54, 1.807) is 48.5 Å². The summed E-state index contributed by atoms with van der Waals surface area (Å²) in [5, 5.41) is 5.56. The maximum atomic E-state index is 12.3. The topological polar surface area (TPSA) is 76.7 Å². The molecule has 0 aliphatic heterocycles. The van der Waals surface area contributed by atoms with Crippen LogP contribution in [0, 0.1) is 0 Å². The van der Waals surface area contributed by atoms with Gasteiger partial charge in [0.25, 0.3) is 11.8 Å². The van der Waals surface area contributed by atoms with E-state index in [1.807, 2.05) is 44.2 Å². The summed E-state index contributed by atoms with van der Waals surface area (Å²) in [6.45, 7) is 4.06. The maximum absolute atomic E-state index is 12.3. The molecule has 0 saturated carbocycles. The summed E-state index contributed by atoms with van der Waals surface area (Å²) >= 11 is 0. The van der Waals surface area contributed by atoms with Crippen molar-refractivity contribution in [3.63, 3.8) is 0 Å². The van der Waals surface area contributed by atoms with Gasteiger partial charge in [-0.2, -0.15) is 0 Å². The van der Waals surface area contributed by atoms with E-state index in [0.717, 1.165) is 5.56 Å². The first-order chi connectivity index (χ1) is 15.0. The number of rotatable bonds is 9. The first kappa shape index (κ1) is 21.9. The first-order valence-electron chi connectivity index (χ1n) is 10.1. The summed E-state index contributed by atoms with van der Waals surface area (Å²) in [7, 11) is 0. The van der Waals surface area contributed by atoms with Crippen LogP contribution < -0.4 is 20.1 Å². The number of para-hydroxylation sites is 1. The van der Waals surface area contributed by atoms with Crippen molar-refractivity contribution >= 4 is 17.5 Å². The largest absolute Gasteiger partial charge is 0.489 e. The molecule has 3 rings (SSSR count). The third kappa shape index (κ3) is 6.89. The van der Waals surface area contributed by atoms with Crippen LogP contribution in [0.4, 0.5) is 5.69 Å². The van der Waals surface area contributed by atoms with Crippen molar-refractivity contribution < 1.29 is 19.1 Å². The summed E-state index contributed by atoms with van der Waals surface area (Å²) in [6.07, 6.45) is 0. The zero-order valence-electron chi connectivity index (χ0n) is 17.6. The van der Waals surface area contributed by atoms with Crippen LogP contribution in [0.15, 0.2) is 78.9 Å². The second-order valence-corrected chi connectivity index (χ2v) is 7.26. The molecule has 0 saturated heterocycles. The highest BCUT2D eigenvalue weighted by Gasteiger charge is 2.14. The lowest BCUT2D eigenvalue weighted by Gasteiger charge is -2.13. The summed E-state index contributed by atoms with van der Waals surface area (Å²) in [6, 6.07) is 23.9. The lowest BCUT2D eigenvalue weighted by Crippen LogP contribution is -2.31. The van der Waals surface area contributed by atoms with E-state index in [0.29, 0.717) is 29.4 Å². The molecule has 0 radical (unpaired) electrons. The zero-order valence-corrected chi connectivity index (χ0v) is 17.6. The van der Waals surface area contributed by atoms with Gasteiger partial charge < -0.3 is 20.1 Å². The molecule has 0 aliphatic rings. The van der Waals surface area contributed by atoms with Gasteiger partial charge in [-0.1, -0.05) is 42.5 Å². The fraction of sp³-hybridized carbons (Fsp3) is 0.200. The molecular formula is C25H26N2O4. The Morgan fingerprint density at radius 3 is 2.10 bits per heavy atom. The molecule has 0 aromatic heterocycles. The van der Waals surface area contributed by atoms with E-state index >= 15 is 0 Å². The van der Waals surface area contributed by atoms with E-state index in [-0.39, 0.29) is 24.5 Å². The van der Waals surface area contributed by atoms with Crippen LogP contribution >= 0.6 is 0 Å². The SMILES string of the molecule is CC(C)NC(=O)c1ccccc1NC(=O)COc1ccc(OCc2ccccc2)cc1. The van der Waals surface area contributed by atoms with E-state index in [1.165, 1.54) is 0 Å². The third-order valence-corrected chi connectivity index (χ3v) is 4.31. The molecule has 0 spiro atoms. The predicted octanol–water partition coefficient (Wildman–Crippen LogP) is 4.42. The number of anilines is 1. The molecule has 160 valence electrons. The lowest BCUT2D eigenvalue weighted by molar-refractivity contribution is -0.118. The average molecular weight is 418 g/mol. The van der Waals surface area contributed by atoms with Crippen molar-refractivity contribution in [2.45, 2.75) is 26.5 Å². The van der Waals surface area contributed by atoms with Crippen LogP contribution in [0.2, 0.25) is 0 Å². The second kappa shape index (κ2) is 10.8. The van der Waals surface area contributed by atoms with Crippen molar-refractivity contribution in [3.8, 4) is 11.5 Å². The molecule has 0 bridgehead atoms. The van der Waals surface area contributed by atoms with E-state index < -0.39 is 0 Å². The van der Waals surface area contributed by atoms with Crippen molar-refractivity contribution in [3.05, 3.63) is 90.0 Å². The van der Waals surface area contributed by atoms with Gasteiger partial charge in [-0.3, -0.25) is 9.59 Å². The molecule has 0 aliphatic carbocycles. The molecule has 0 heterocycles. The van der Waals surface area contributed by atoms with Crippen molar-refractivity contribution in [2.75, 3.05) is 11.9 Å². The van der Waals surface area contributed by atoms with Crippen LogP contribution in [0.5, 0.6) is 11.5 Å². The molecule has 0 fully saturated rings. The third-order valence-electron chi connectivity index (χ3n) is 4.31. The van der Waals surface area contributed by atoms with Gasteiger partial charge in [-0.05, 0) is 55.8 Å². The Morgan fingerprint density at radius 2 is 1.42 bits per heavy atom. The van der Waals surface area contributed by atoms with Crippen LogP contribution in [0.3, 0.4) is 0 Å². The predicted molar refractivity (Wildman–Crippen MR) is 120 cm³/mol. The Hall–Kier alpha value is -3.80. The first-order valence-corrected chi connectivity index (χ1v) is 10.1. The van der Waals surface area contributed by atoms with Gasteiger partial charge >= 0.3 is 0 Å². The quantitative estimate of drug-likeness (QED) is 0.539. The molecule has 2 N–H and O–H groups in total. The number of hydrogen-bond donors (Lipinski definition) is 2. The Kier molecular flexibility index (Phi) is 7.65. The normalized spacial score (nSPS) is 10.4. The fourth-order valence-corrected chi connectivity index (χ4v) is 2.84. The number of benzene rings is 3. The summed E-state index contributed by atoms with van der Waals surface area (Å²) in [5.74, 6) is 0.672. The molecule has 6 heteroatoms. The van der Waals surface area contributed by atoms with Crippen LogP contribution in [-0.2, 0) is 11.4 Å². The summed E-state index contributed by atoms with van der Waals surface area (Å²) in [4.78, 5) is 24.6. The standard InChI is InChI=1S/C25H26N2O4/c1-18(2)26-25(29)22-10-6-7-11-23(22)27-24(28)17-31-21-14-12-20(13-15-21)30-16-19-8-4-3-5-9-19/h3-15,18H,16-17H2,1-2H3,(H,26,29)(H,27,28). The number of carbonyl (C=O) groups excluding carboxylic acids is 2. The van der Waals surface area contributed by atoms with Gasteiger partial charge in [0.2, 0.25) is 0 Å². The molecule has 31 heavy (non-hydrogen) atoms. The monoisotopic (exact) mass is 418 g/mol. The zero-order chi connectivity index (χ0) is 22.1. The number of amides is 2. The second-order valence-electron chi connectivity index (χ2n) is 7.26. The van der Waals surface area contributed by atoms with Crippen molar-refractivity contribution in [2.24, 2.45) is 0 Å². The lowest BCUT2D eigenvalue weighted by atomic mass is 10.1. The van der Waals surface area contributed by atoms with Crippen molar-refractivity contribution in [1.82, 2.24) is 5.32 Å². The Bertz CT molecular complexity index is 1000. The van der Waals surface area contributed by atoms with Gasteiger partial charge in [0.1, 0.15) is 18.1 Å².